The van der Waals surface area contributed by atoms with Gasteiger partial charge in [-0.05, 0) is 68.5 Å². The number of amides is 1. The Kier molecular flexibility index (Phi) is 7.52. The van der Waals surface area contributed by atoms with E-state index in [0.717, 1.165) is 31.5 Å². The molecule has 0 bridgehead atoms. The van der Waals surface area contributed by atoms with E-state index in [1.54, 1.807) is 31.9 Å². The first-order chi connectivity index (χ1) is 14.5. The van der Waals surface area contributed by atoms with Gasteiger partial charge < -0.3 is 24.7 Å². The van der Waals surface area contributed by atoms with Crippen molar-refractivity contribution in [3.63, 3.8) is 0 Å². The van der Waals surface area contributed by atoms with E-state index in [1.165, 1.54) is 0 Å². The molecule has 2 heterocycles. The van der Waals surface area contributed by atoms with E-state index >= 15 is 0 Å². The topological polar surface area (TPSA) is 81.6 Å². The van der Waals surface area contributed by atoms with Crippen LogP contribution < -0.4 is 25.7 Å². The second-order valence-electron chi connectivity index (χ2n) is 7.70. The second-order valence-corrected chi connectivity index (χ2v) is 7.70. The molecule has 0 radical (unpaired) electrons. The first-order valence-corrected chi connectivity index (χ1v) is 10.4. The normalized spacial score (nSPS) is 16.2. The number of nitrogens with one attached hydrogen (secondary N) is 2. The maximum Gasteiger partial charge on any atom is 0.263 e. The molecule has 7 heteroatoms. The van der Waals surface area contributed by atoms with Gasteiger partial charge in [0.2, 0.25) is 0 Å². The van der Waals surface area contributed by atoms with Crippen molar-refractivity contribution >= 4 is 5.91 Å². The lowest BCUT2D eigenvalue weighted by molar-refractivity contribution is 0.0951. The van der Waals surface area contributed by atoms with Gasteiger partial charge in [-0.1, -0.05) is 12.1 Å². The molecule has 7 nitrogen and oxygen atoms in total. The number of benzene rings is 1. The maximum absolute atomic E-state index is 13.0. The quantitative estimate of drug-likeness (QED) is 0.693. The Bertz CT molecular complexity index is 933. The molecule has 2 aromatic rings. The van der Waals surface area contributed by atoms with Gasteiger partial charge in [-0.15, -0.1) is 0 Å². The van der Waals surface area contributed by atoms with Crippen LogP contribution >= 0.6 is 0 Å². The molecule has 1 aromatic carbocycles. The molecule has 1 fully saturated rings. The van der Waals surface area contributed by atoms with Gasteiger partial charge in [0.1, 0.15) is 5.56 Å². The number of para-hydroxylation sites is 1. The van der Waals surface area contributed by atoms with Crippen LogP contribution in [0.1, 0.15) is 34.3 Å². The van der Waals surface area contributed by atoms with E-state index < -0.39 is 0 Å². The molecule has 1 unspecified atom stereocenters. The van der Waals surface area contributed by atoms with Crippen LogP contribution in [-0.2, 0) is 13.0 Å². The van der Waals surface area contributed by atoms with Crippen LogP contribution in [0.3, 0.4) is 0 Å². The van der Waals surface area contributed by atoms with Crippen molar-refractivity contribution in [1.82, 2.24) is 15.2 Å². The van der Waals surface area contributed by atoms with Crippen molar-refractivity contribution < 1.29 is 14.3 Å². The zero-order valence-electron chi connectivity index (χ0n) is 18.0. The number of carbonyl (C=O) groups is 1. The summed E-state index contributed by atoms with van der Waals surface area (Å²) in [4.78, 5) is 25.8. The van der Waals surface area contributed by atoms with Crippen molar-refractivity contribution in [1.29, 1.82) is 0 Å². The molecule has 1 saturated heterocycles. The van der Waals surface area contributed by atoms with Crippen LogP contribution in [0.5, 0.6) is 11.5 Å². The molecule has 1 aliphatic rings. The number of ether oxygens (including phenoxy) is 2. The van der Waals surface area contributed by atoms with E-state index in [0.29, 0.717) is 42.5 Å². The molecule has 30 heavy (non-hydrogen) atoms. The number of hydrogen-bond donors (Lipinski definition) is 2. The molecular weight excluding hydrogens is 382 g/mol. The minimum Gasteiger partial charge on any atom is -0.493 e. The van der Waals surface area contributed by atoms with E-state index in [1.807, 2.05) is 24.3 Å². The number of rotatable bonds is 8. The molecule has 2 N–H and O–H groups in total. The minimum absolute atomic E-state index is 0.221. The fourth-order valence-electron chi connectivity index (χ4n) is 3.99. The fraction of sp³-hybridized carbons (Fsp3) is 0.478. The van der Waals surface area contributed by atoms with Crippen LogP contribution in [0, 0.1) is 12.8 Å². The lowest BCUT2D eigenvalue weighted by atomic mass is 9.99. The van der Waals surface area contributed by atoms with Gasteiger partial charge in [-0.25, -0.2) is 0 Å². The summed E-state index contributed by atoms with van der Waals surface area (Å²) in [5, 5.41) is 6.26. The van der Waals surface area contributed by atoms with Gasteiger partial charge in [0, 0.05) is 19.3 Å². The smallest absolute Gasteiger partial charge is 0.263 e. The molecule has 1 atom stereocenters. The zero-order chi connectivity index (χ0) is 21.5. The summed E-state index contributed by atoms with van der Waals surface area (Å²) in [7, 11) is 3.19. The summed E-state index contributed by atoms with van der Waals surface area (Å²) in [6.07, 6.45) is 4.58. The van der Waals surface area contributed by atoms with Gasteiger partial charge in [0.25, 0.3) is 11.5 Å². The van der Waals surface area contributed by atoms with Crippen LogP contribution in [0.2, 0.25) is 0 Å². The number of piperidine rings is 1. The number of methoxy groups -OCH3 is 2. The molecule has 162 valence electrons. The van der Waals surface area contributed by atoms with Crippen LogP contribution in [0.25, 0.3) is 0 Å². The Morgan fingerprint density at radius 3 is 2.80 bits per heavy atom. The standard InChI is InChI=1S/C23H31N3O4/c1-16-10-13-26(15-17-6-5-11-24-14-17)23(28)20(16)22(27)25-12-9-18-7-4-8-19(29-2)21(18)30-3/h4,7-8,10,13,17,24H,5-6,9,11-12,14-15H2,1-3H3,(H,25,27). The van der Waals surface area contributed by atoms with E-state index in [-0.39, 0.29) is 17.0 Å². The monoisotopic (exact) mass is 413 g/mol. The largest absolute Gasteiger partial charge is 0.493 e. The SMILES string of the molecule is COc1cccc(CCNC(=O)c2c(C)ccn(CC3CCCNC3)c2=O)c1OC. The molecule has 1 aliphatic heterocycles. The number of carbonyl (C=O) groups excluding carboxylic acids is 1. The summed E-state index contributed by atoms with van der Waals surface area (Å²) in [5.41, 5.74) is 1.62. The third kappa shape index (κ3) is 5.02. The average Bonchev–Trinajstić information content (AvgIpc) is 2.76. The van der Waals surface area contributed by atoms with Crippen LogP contribution in [0.15, 0.2) is 35.3 Å². The number of nitrogens with zero attached hydrogens (tertiary/aromatic N) is 1. The summed E-state index contributed by atoms with van der Waals surface area (Å²) in [6, 6.07) is 7.50. The Hall–Kier alpha value is -2.80. The maximum atomic E-state index is 13.0. The molecule has 1 aromatic heterocycles. The molecule has 1 amide bonds. The minimum atomic E-state index is -0.338. The number of pyridine rings is 1. The van der Waals surface area contributed by atoms with Gasteiger partial charge in [-0.3, -0.25) is 9.59 Å². The first kappa shape index (κ1) is 21.9. The number of hydrogen-bond acceptors (Lipinski definition) is 5. The Morgan fingerprint density at radius 2 is 2.10 bits per heavy atom. The Balaban J connectivity index is 1.68. The molecule has 0 saturated carbocycles. The van der Waals surface area contributed by atoms with Crippen molar-refractivity contribution in [2.24, 2.45) is 5.92 Å². The molecule has 0 spiro atoms. The third-order valence-electron chi connectivity index (χ3n) is 5.62. The highest BCUT2D eigenvalue weighted by Gasteiger charge is 2.19. The molecular formula is C23H31N3O4. The lowest BCUT2D eigenvalue weighted by Gasteiger charge is -2.23. The predicted molar refractivity (Wildman–Crippen MR) is 117 cm³/mol. The predicted octanol–water partition coefficient (Wildman–Crippen LogP) is 2.15. The average molecular weight is 414 g/mol. The highest BCUT2D eigenvalue weighted by atomic mass is 16.5. The van der Waals surface area contributed by atoms with Gasteiger partial charge in [0.05, 0.1) is 14.2 Å². The third-order valence-corrected chi connectivity index (χ3v) is 5.62. The Labute approximate surface area is 177 Å². The summed E-state index contributed by atoms with van der Waals surface area (Å²) in [6.45, 7) is 4.76. The van der Waals surface area contributed by atoms with E-state index in [4.69, 9.17) is 9.47 Å². The lowest BCUT2D eigenvalue weighted by Crippen LogP contribution is -2.38. The van der Waals surface area contributed by atoms with Gasteiger partial charge in [-0.2, -0.15) is 0 Å². The highest BCUT2D eigenvalue weighted by molar-refractivity contribution is 5.95. The first-order valence-electron chi connectivity index (χ1n) is 10.4. The van der Waals surface area contributed by atoms with Crippen LogP contribution in [-0.4, -0.2) is 44.3 Å². The van der Waals surface area contributed by atoms with E-state index in [2.05, 4.69) is 10.6 Å². The summed E-state index contributed by atoms with van der Waals surface area (Å²) < 4.78 is 12.4. The summed E-state index contributed by atoms with van der Waals surface area (Å²) in [5.74, 6) is 1.39. The van der Waals surface area contributed by atoms with Crippen LogP contribution in [0.4, 0.5) is 0 Å². The zero-order valence-corrected chi connectivity index (χ0v) is 18.0. The van der Waals surface area contributed by atoms with E-state index in [9.17, 15) is 9.59 Å². The van der Waals surface area contributed by atoms with Crippen molar-refractivity contribution in [3.8, 4) is 11.5 Å². The fourth-order valence-corrected chi connectivity index (χ4v) is 3.99. The van der Waals surface area contributed by atoms with Crippen molar-refractivity contribution in [2.75, 3.05) is 33.9 Å². The number of aromatic nitrogens is 1. The van der Waals surface area contributed by atoms with Crippen molar-refractivity contribution in [3.05, 3.63) is 57.5 Å². The highest BCUT2D eigenvalue weighted by Crippen LogP contribution is 2.30. The van der Waals surface area contributed by atoms with Crippen molar-refractivity contribution in [2.45, 2.75) is 32.7 Å². The number of aryl methyl sites for hydroxylation is 1. The summed E-state index contributed by atoms with van der Waals surface area (Å²) >= 11 is 0. The Morgan fingerprint density at radius 1 is 1.27 bits per heavy atom. The molecule has 0 aliphatic carbocycles. The van der Waals surface area contributed by atoms with Gasteiger partial charge >= 0.3 is 0 Å². The molecule has 3 rings (SSSR count). The van der Waals surface area contributed by atoms with Gasteiger partial charge in [0.15, 0.2) is 11.5 Å². The second kappa shape index (κ2) is 10.3.